The Morgan fingerprint density at radius 2 is 2.27 bits per heavy atom. The molecule has 2 rings (SSSR count). The second-order valence-electron chi connectivity index (χ2n) is 6.07. The Labute approximate surface area is 136 Å². The minimum absolute atomic E-state index is 0.0693. The average molecular weight is 326 g/mol. The van der Waals surface area contributed by atoms with E-state index in [1.165, 1.54) is 6.42 Å². The van der Waals surface area contributed by atoms with E-state index in [0.29, 0.717) is 30.1 Å². The number of aryl methyl sites for hydroxylation is 1. The highest BCUT2D eigenvalue weighted by molar-refractivity contribution is 7.99. The van der Waals surface area contributed by atoms with Crippen molar-refractivity contribution in [2.24, 2.45) is 0 Å². The van der Waals surface area contributed by atoms with E-state index in [1.54, 1.807) is 0 Å². The van der Waals surface area contributed by atoms with Gasteiger partial charge in [0, 0.05) is 30.2 Å². The van der Waals surface area contributed by atoms with Gasteiger partial charge in [-0.05, 0) is 31.9 Å². The van der Waals surface area contributed by atoms with Crippen molar-refractivity contribution in [3.05, 3.63) is 11.7 Å². The predicted molar refractivity (Wildman–Crippen MR) is 88.2 cm³/mol. The van der Waals surface area contributed by atoms with Gasteiger partial charge in [0.25, 0.3) is 0 Å². The van der Waals surface area contributed by atoms with Gasteiger partial charge in [-0.1, -0.05) is 19.0 Å². The average Bonchev–Trinajstić information content (AvgIpc) is 3.12. The molecule has 0 aliphatic heterocycles. The van der Waals surface area contributed by atoms with E-state index in [0.717, 1.165) is 25.1 Å². The van der Waals surface area contributed by atoms with Crippen LogP contribution in [0.5, 0.6) is 0 Å². The molecule has 1 aromatic heterocycles. The molecule has 0 bridgehead atoms. The molecular formula is C15H26N4O2S. The second kappa shape index (κ2) is 8.41. The van der Waals surface area contributed by atoms with E-state index < -0.39 is 0 Å². The smallest absolute Gasteiger partial charge is 0.315 e. The van der Waals surface area contributed by atoms with E-state index in [9.17, 15) is 4.79 Å². The quantitative estimate of drug-likeness (QED) is 0.753. The molecule has 1 heterocycles. The lowest BCUT2D eigenvalue weighted by atomic mass is 10.2. The second-order valence-corrected chi connectivity index (χ2v) is 7.21. The van der Waals surface area contributed by atoms with Crippen LogP contribution in [0.2, 0.25) is 0 Å². The van der Waals surface area contributed by atoms with Gasteiger partial charge in [0.2, 0.25) is 5.89 Å². The molecule has 2 atom stereocenters. The van der Waals surface area contributed by atoms with Gasteiger partial charge in [0.05, 0.1) is 0 Å². The van der Waals surface area contributed by atoms with Crippen LogP contribution in [0, 0.1) is 0 Å². The molecule has 6 nitrogen and oxygen atoms in total. The maximum atomic E-state index is 11.8. The van der Waals surface area contributed by atoms with Crippen molar-refractivity contribution >= 4 is 17.8 Å². The van der Waals surface area contributed by atoms with E-state index in [1.807, 2.05) is 25.6 Å². The summed E-state index contributed by atoms with van der Waals surface area (Å²) in [6, 6.07) is 0.252. The SMILES string of the molecule is CS[C@@H]1CC[C@H](NC(=O)NCCCc2nc(C(C)C)no2)C1. The molecule has 22 heavy (non-hydrogen) atoms. The summed E-state index contributed by atoms with van der Waals surface area (Å²) in [5.74, 6) is 1.66. The van der Waals surface area contributed by atoms with Crippen LogP contribution in [0.1, 0.15) is 57.2 Å². The lowest BCUT2D eigenvalue weighted by molar-refractivity contribution is 0.237. The van der Waals surface area contributed by atoms with Crippen molar-refractivity contribution in [1.82, 2.24) is 20.8 Å². The number of hydrogen-bond donors (Lipinski definition) is 2. The molecule has 2 N–H and O–H groups in total. The van der Waals surface area contributed by atoms with Crippen molar-refractivity contribution in [3.63, 3.8) is 0 Å². The van der Waals surface area contributed by atoms with Crippen molar-refractivity contribution in [2.45, 2.75) is 63.2 Å². The minimum atomic E-state index is -0.0693. The molecule has 1 aromatic rings. The first-order valence-corrected chi connectivity index (χ1v) is 9.27. The zero-order valence-corrected chi connectivity index (χ0v) is 14.4. The fourth-order valence-corrected chi connectivity index (χ4v) is 3.36. The van der Waals surface area contributed by atoms with Crippen LogP contribution in [0.25, 0.3) is 0 Å². The standard InChI is InChI=1S/C15H26N4O2S/c1-10(2)14-18-13(21-19-14)5-4-8-16-15(20)17-11-6-7-12(9-11)22-3/h10-12H,4-9H2,1-3H3,(H2,16,17,20)/t11-,12+/m0/s1. The summed E-state index contributed by atoms with van der Waals surface area (Å²) in [7, 11) is 0. The number of hydrogen-bond acceptors (Lipinski definition) is 5. The van der Waals surface area contributed by atoms with Crippen LogP contribution >= 0.6 is 11.8 Å². The van der Waals surface area contributed by atoms with Gasteiger partial charge in [-0.15, -0.1) is 0 Å². The van der Waals surface area contributed by atoms with Crippen LogP contribution < -0.4 is 10.6 Å². The number of thioether (sulfide) groups is 1. The number of carbonyl (C=O) groups is 1. The summed E-state index contributed by atoms with van der Waals surface area (Å²) in [6.45, 7) is 4.68. The number of amides is 2. The topological polar surface area (TPSA) is 80.0 Å². The van der Waals surface area contributed by atoms with Crippen LogP contribution in [0.15, 0.2) is 4.52 Å². The Balaban J connectivity index is 1.59. The molecule has 0 saturated heterocycles. The number of nitrogens with zero attached hydrogens (tertiary/aromatic N) is 2. The third-order valence-corrected chi connectivity index (χ3v) is 5.00. The molecule has 0 unspecified atom stereocenters. The van der Waals surface area contributed by atoms with Gasteiger partial charge in [0.15, 0.2) is 5.82 Å². The van der Waals surface area contributed by atoms with Gasteiger partial charge in [-0.2, -0.15) is 16.7 Å². The monoisotopic (exact) mass is 326 g/mol. The summed E-state index contributed by atoms with van der Waals surface area (Å²) in [5, 5.41) is 10.6. The Kier molecular flexibility index (Phi) is 6.54. The normalized spacial score (nSPS) is 21.3. The summed E-state index contributed by atoms with van der Waals surface area (Å²) in [6.07, 6.45) is 6.98. The largest absolute Gasteiger partial charge is 0.339 e. The van der Waals surface area contributed by atoms with Crippen molar-refractivity contribution in [1.29, 1.82) is 0 Å². The minimum Gasteiger partial charge on any atom is -0.339 e. The summed E-state index contributed by atoms with van der Waals surface area (Å²) >= 11 is 1.89. The molecule has 2 amide bonds. The Bertz CT molecular complexity index is 478. The summed E-state index contributed by atoms with van der Waals surface area (Å²) < 4.78 is 5.17. The first-order chi connectivity index (χ1) is 10.6. The van der Waals surface area contributed by atoms with Crippen molar-refractivity contribution in [3.8, 4) is 0 Å². The van der Waals surface area contributed by atoms with Crippen LogP contribution in [0.4, 0.5) is 4.79 Å². The molecule has 0 aromatic carbocycles. The van der Waals surface area contributed by atoms with Crippen molar-refractivity contribution in [2.75, 3.05) is 12.8 Å². The third kappa shape index (κ3) is 5.19. The van der Waals surface area contributed by atoms with Gasteiger partial charge >= 0.3 is 6.03 Å². The molecule has 7 heteroatoms. The number of aromatic nitrogens is 2. The Morgan fingerprint density at radius 1 is 1.45 bits per heavy atom. The highest BCUT2D eigenvalue weighted by atomic mass is 32.2. The first-order valence-electron chi connectivity index (χ1n) is 7.98. The van der Waals surface area contributed by atoms with Crippen LogP contribution in [-0.4, -0.2) is 40.3 Å². The highest BCUT2D eigenvalue weighted by Gasteiger charge is 2.24. The van der Waals surface area contributed by atoms with Gasteiger partial charge in [-0.25, -0.2) is 4.79 Å². The van der Waals surface area contributed by atoms with Crippen LogP contribution in [-0.2, 0) is 6.42 Å². The van der Waals surface area contributed by atoms with E-state index in [4.69, 9.17) is 4.52 Å². The number of urea groups is 1. The number of rotatable bonds is 7. The lowest BCUT2D eigenvalue weighted by Gasteiger charge is -2.13. The third-order valence-electron chi connectivity index (χ3n) is 3.91. The molecule has 1 aliphatic rings. The molecule has 0 spiro atoms. The van der Waals surface area contributed by atoms with Crippen molar-refractivity contribution < 1.29 is 9.32 Å². The zero-order valence-electron chi connectivity index (χ0n) is 13.6. The maximum absolute atomic E-state index is 11.8. The molecule has 1 saturated carbocycles. The molecule has 1 aliphatic carbocycles. The van der Waals surface area contributed by atoms with Gasteiger partial charge in [-0.3, -0.25) is 0 Å². The van der Waals surface area contributed by atoms with Crippen LogP contribution in [0.3, 0.4) is 0 Å². The highest BCUT2D eigenvalue weighted by Crippen LogP contribution is 2.27. The lowest BCUT2D eigenvalue weighted by Crippen LogP contribution is -2.41. The van der Waals surface area contributed by atoms with Gasteiger partial charge in [0.1, 0.15) is 0 Å². The summed E-state index contributed by atoms with van der Waals surface area (Å²) in [4.78, 5) is 16.1. The van der Waals surface area contributed by atoms with E-state index >= 15 is 0 Å². The maximum Gasteiger partial charge on any atom is 0.315 e. The molecule has 0 radical (unpaired) electrons. The van der Waals surface area contributed by atoms with E-state index in [-0.39, 0.29) is 11.9 Å². The Hall–Kier alpha value is -1.24. The summed E-state index contributed by atoms with van der Waals surface area (Å²) in [5.41, 5.74) is 0. The first kappa shape index (κ1) is 17.1. The Morgan fingerprint density at radius 3 is 2.91 bits per heavy atom. The zero-order chi connectivity index (χ0) is 15.9. The fraction of sp³-hybridized carbons (Fsp3) is 0.800. The number of carbonyl (C=O) groups excluding carboxylic acids is 1. The van der Waals surface area contributed by atoms with Gasteiger partial charge < -0.3 is 15.2 Å². The molecular weight excluding hydrogens is 300 g/mol. The molecule has 1 fully saturated rings. The predicted octanol–water partition coefficient (Wildman–Crippen LogP) is 2.71. The molecule has 124 valence electrons. The number of nitrogens with one attached hydrogen (secondary N) is 2. The van der Waals surface area contributed by atoms with E-state index in [2.05, 4.69) is 27.0 Å². The fourth-order valence-electron chi connectivity index (χ4n) is 2.57.